The number of benzene rings is 3. The van der Waals surface area contributed by atoms with Crippen molar-refractivity contribution in [3.8, 4) is 11.5 Å². The summed E-state index contributed by atoms with van der Waals surface area (Å²) in [5.74, 6) is 3.30. The molecular formula is C28H32N2O2. The van der Waals surface area contributed by atoms with Crippen LogP contribution in [0.5, 0.6) is 11.5 Å². The van der Waals surface area contributed by atoms with Crippen LogP contribution >= 0.6 is 0 Å². The summed E-state index contributed by atoms with van der Waals surface area (Å²) in [6, 6.07) is 24.9. The standard InChI is InChI=1S/C28H32N2O2/c1-21(2)23-12-16-24(17-13-23)31-19-7-6-18-30-27-9-5-4-8-26(27)29-28(30)20-32-25-14-10-22(3)11-15-25/h4-5,8-17,21H,6-7,18-20H2,1-3H3. The number of nitrogens with zero attached hydrogens (tertiary/aromatic N) is 2. The van der Waals surface area contributed by atoms with E-state index >= 15 is 0 Å². The predicted molar refractivity (Wildman–Crippen MR) is 131 cm³/mol. The lowest BCUT2D eigenvalue weighted by molar-refractivity contribution is 0.285. The highest BCUT2D eigenvalue weighted by Crippen LogP contribution is 2.21. The predicted octanol–water partition coefficient (Wildman–Crippen LogP) is 6.91. The molecule has 3 aromatic carbocycles. The minimum absolute atomic E-state index is 0.455. The van der Waals surface area contributed by atoms with Gasteiger partial charge in [-0.3, -0.25) is 0 Å². The highest BCUT2D eigenvalue weighted by Gasteiger charge is 2.11. The Morgan fingerprint density at radius 3 is 2.25 bits per heavy atom. The molecule has 0 atom stereocenters. The van der Waals surface area contributed by atoms with Crippen molar-refractivity contribution in [1.29, 1.82) is 0 Å². The Morgan fingerprint density at radius 2 is 1.50 bits per heavy atom. The second kappa shape index (κ2) is 10.4. The summed E-state index contributed by atoms with van der Waals surface area (Å²) < 4.78 is 14.2. The fourth-order valence-electron chi connectivity index (χ4n) is 3.78. The molecule has 32 heavy (non-hydrogen) atoms. The Labute approximate surface area is 190 Å². The Hall–Kier alpha value is -3.27. The van der Waals surface area contributed by atoms with E-state index in [1.807, 2.05) is 18.2 Å². The molecule has 0 saturated carbocycles. The van der Waals surface area contributed by atoms with Gasteiger partial charge >= 0.3 is 0 Å². The molecule has 0 amide bonds. The average molecular weight is 429 g/mol. The van der Waals surface area contributed by atoms with E-state index in [0.29, 0.717) is 19.1 Å². The Balaban J connectivity index is 1.34. The fourth-order valence-corrected chi connectivity index (χ4v) is 3.78. The van der Waals surface area contributed by atoms with E-state index in [1.54, 1.807) is 0 Å². The zero-order valence-electron chi connectivity index (χ0n) is 19.3. The van der Waals surface area contributed by atoms with E-state index in [2.05, 4.69) is 79.9 Å². The first-order valence-corrected chi connectivity index (χ1v) is 11.5. The zero-order chi connectivity index (χ0) is 22.3. The largest absolute Gasteiger partial charge is 0.494 e. The lowest BCUT2D eigenvalue weighted by Crippen LogP contribution is -2.09. The molecule has 0 unspecified atom stereocenters. The number of imidazole rings is 1. The molecule has 0 spiro atoms. The van der Waals surface area contributed by atoms with Gasteiger partial charge in [0.25, 0.3) is 0 Å². The van der Waals surface area contributed by atoms with Gasteiger partial charge < -0.3 is 14.0 Å². The van der Waals surface area contributed by atoms with Crippen LogP contribution in [0.2, 0.25) is 0 Å². The summed E-state index contributed by atoms with van der Waals surface area (Å²) in [5, 5.41) is 0. The SMILES string of the molecule is Cc1ccc(OCc2nc3ccccc3n2CCCCOc2ccc(C(C)C)cc2)cc1. The monoisotopic (exact) mass is 428 g/mol. The van der Waals surface area contributed by atoms with E-state index < -0.39 is 0 Å². The summed E-state index contributed by atoms with van der Waals surface area (Å²) in [5.41, 5.74) is 4.73. The Bertz CT molecular complexity index is 1130. The van der Waals surface area contributed by atoms with Crippen LogP contribution in [0.3, 0.4) is 0 Å². The Kier molecular flexibility index (Phi) is 7.10. The maximum Gasteiger partial charge on any atom is 0.147 e. The molecule has 0 radical (unpaired) electrons. The number of para-hydroxylation sites is 2. The van der Waals surface area contributed by atoms with Crippen molar-refractivity contribution < 1.29 is 9.47 Å². The van der Waals surface area contributed by atoms with Crippen molar-refractivity contribution >= 4 is 11.0 Å². The molecule has 0 saturated heterocycles. The van der Waals surface area contributed by atoms with Crippen molar-refractivity contribution in [3.05, 3.63) is 89.7 Å². The molecule has 166 valence electrons. The molecule has 4 rings (SSSR count). The van der Waals surface area contributed by atoms with Gasteiger partial charge in [-0.25, -0.2) is 4.98 Å². The van der Waals surface area contributed by atoms with Gasteiger partial charge in [-0.05, 0) is 67.6 Å². The molecule has 0 N–H and O–H groups in total. The van der Waals surface area contributed by atoms with E-state index in [9.17, 15) is 0 Å². The van der Waals surface area contributed by atoms with Crippen molar-refractivity contribution in [2.24, 2.45) is 0 Å². The second-order valence-corrected chi connectivity index (χ2v) is 8.55. The van der Waals surface area contributed by atoms with Gasteiger partial charge in [0.1, 0.15) is 23.9 Å². The molecule has 4 heteroatoms. The molecule has 0 bridgehead atoms. The number of aromatic nitrogens is 2. The molecular weight excluding hydrogens is 396 g/mol. The molecule has 1 heterocycles. The van der Waals surface area contributed by atoms with Crippen molar-refractivity contribution in [2.45, 2.75) is 52.7 Å². The first-order chi connectivity index (χ1) is 15.6. The topological polar surface area (TPSA) is 36.3 Å². The smallest absolute Gasteiger partial charge is 0.147 e. The van der Waals surface area contributed by atoms with Gasteiger partial charge in [0, 0.05) is 6.54 Å². The van der Waals surface area contributed by atoms with Crippen molar-refractivity contribution in [2.75, 3.05) is 6.61 Å². The summed E-state index contributed by atoms with van der Waals surface area (Å²) in [7, 11) is 0. The van der Waals surface area contributed by atoms with Crippen molar-refractivity contribution in [1.82, 2.24) is 9.55 Å². The van der Waals surface area contributed by atoms with Crippen LogP contribution in [0.1, 0.15) is 49.6 Å². The van der Waals surface area contributed by atoms with Crippen LogP contribution in [-0.2, 0) is 13.2 Å². The first kappa shape index (κ1) is 21.9. The first-order valence-electron chi connectivity index (χ1n) is 11.5. The molecule has 0 fully saturated rings. The van der Waals surface area contributed by atoms with Crippen LogP contribution in [0, 0.1) is 6.92 Å². The Morgan fingerprint density at radius 1 is 0.812 bits per heavy atom. The number of fused-ring (bicyclic) bond motifs is 1. The zero-order valence-corrected chi connectivity index (χ0v) is 19.3. The van der Waals surface area contributed by atoms with Crippen LogP contribution in [0.25, 0.3) is 11.0 Å². The maximum atomic E-state index is 6.02. The van der Waals surface area contributed by atoms with Crippen molar-refractivity contribution in [3.63, 3.8) is 0 Å². The minimum Gasteiger partial charge on any atom is -0.494 e. The van der Waals surface area contributed by atoms with Gasteiger partial charge in [-0.2, -0.15) is 0 Å². The number of ether oxygens (including phenoxy) is 2. The fraction of sp³-hybridized carbons (Fsp3) is 0.321. The van der Waals surface area contributed by atoms with Crippen LogP contribution < -0.4 is 9.47 Å². The minimum atomic E-state index is 0.455. The maximum absolute atomic E-state index is 6.02. The third-order valence-electron chi connectivity index (χ3n) is 5.71. The second-order valence-electron chi connectivity index (χ2n) is 8.55. The molecule has 0 aliphatic heterocycles. The van der Waals surface area contributed by atoms with E-state index in [0.717, 1.165) is 47.7 Å². The third-order valence-corrected chi connectivity index (χ3v) is 5.71. The number of aryl methyl sites for hydroxylation is 2. The molecule has 0 aliphatic rings. The van der Waals surface area contributed by atoms with Gasteiger partial charge in [0.15, 0.2) is 0 Å². The van der Waals surface area contributed by atoms with E-state index in [-0.39, 0.29) is 0 Å². The molecule has 0 aliphatic carbocycles. The van der Waals surface area contributed by atoms with Crippen LogP contribution in [0.15, 0.2) is 72.8 Å². The number of unbranched alkanes of at least 4 members (excludes halogenated alkanes) is 1. The van der Waals surface area contributed by atoms with Gasteiger partial charge in [-0.15, -0.1) is 0 Å². The van der Waals surface area contributed by atoms with Gasteiger partial charge in [0.2, 0.25) is 0 Å². The summed E-state index contributed by atoms with van der Waals surface area (Å²) >= 11 is 0. The third kappa shape index (κ3) is 5.50. The van der Waals surface area contributed by atoms with E-state index in [4.69, 9.17) is 14.5 Å². The van der Waals surface area contributed by atoms with Gasteiger partial charge in [-0.1, -0.05) is 55.8 Å². The molecule has 4 aromatic rings. The molecule has 4 nitrogen and oxygen atoms in total. The average Bonchev–Trinajstić information content (AvgIpc) is 3.16. The number of rotatable bonds is 10. The summed E-state index contributed by atoms with van der Waals surface area (Å²) in [4.78, 5) is 4.82. The normalized spacial score (nSPS) is 11.2. The highest BCUT2D eigenvalue weighted by molar-refractivity contribution is 5.75. The lowest BCUT2D eigenvalue weighted by Gasteiger charge is -2.12. The van der Waals surface area contributed by atoms with Crippen LogP contribution in [-0.4, -0.2) is 16.2 Å². The molecule has 1 aromatic heterocycles. The lowest BCUT2D eigenvalue weighted by atomic mass is 10.0. The number of hydrogen-bond donors (Lipinski definition) is 0. The van der Waals surface area contributed by atoms with E-state index in [1.165, 1.54) is 11.1 Å². The summed E-state index contributed by atoms with van der Waals surface area (Å²) in [6.45, 7) is 8.54. The highest BCUT2D eigenvalue weighted by atomic mass is 16.5. The van der Waals surface area contributed by atoms with Gasteiger partial charge in [0.05, 0.1) is 17.6 Å². The summed E-state index contributed by atoms with van der Waals surface area (Å²) in [6.07, 6.45) is 2.00. The quantitative estimate of drug-likeness (QED) is 0.258. The number of hydrogen-bond acceptors (Lipinski definition) is 3. The van der Waals surface area contributed by atoms with Crippen LogP contribution in [0.4, 0.5) is 0 Å².